The SMILES string of the molecule is CCn1c2ccccc2c2cc(NC(=O)[C@@H](C)Oc3cccnc3[N+](=O)[O-])ccc21. The maximum Gasteiger partial charge on any atom is 0.406 e. The summed E-state index contributed by atoms with van der Waals surface area (Å²) in [5, 5.41) is 16.1. The summed E-state index contributed by atoms with van der Waals surface area (Å²) in [6.07, 6.45) is 0.359. The molecule has 1 amide bonds. The van der Waals surface area contributed by atoms with E-state index in [1.165, 1.54) is 25.3 Å². The van der Waals surface area contributed by atoms with Gasteiger partial charge in [0.25, 0.3) is 5.91 Å². The van der Waals surface area contributed by atoms with Gasteiger partial charge in [-0.1, -0.05) is 18.2 Å². The fourth-order valence-corrected chi connectivity index (χ4v) is 3.57. The van der Waals surface area contributed by atoms with E-state index in [2.05, 4.69) is 33.9 Å². The predicted molar refractivity (Wildman–Crippen MR) is 115 cm³/mol. The van der Waals surface area contributed by atoms with Crippen LogP contribution in [0.3, 0.4) is 0 Å². The number of nitrogens with zero attached hydrogens (tertiary/aromatic N) is 3. The molecule has 0 aliphatic heterocycles. The number of aromatic nitrogens is 2. The summed E-state index contributed by atoms with van der Waals surface area (Å²) < 4.78 is 7.73. The van der Waals surface area contributed by atoms with Crippen LogP contribution < -0.4 is 10.1 Å². The quantitative estimate of drug-likeness (QED) is 0.376. The first-order valence-corrected chi connectivity index (χ1v) is 9.57. The van der Waals surface area contributed by atoms with Gasteiger partial charge >= 0.3 is 5.82 Å². The highest BCUT2D eigenvalue weighted by molar-refractivity contribution is 6.10. The van der Waals surface area contributed by atoms with Crippen molar-refractivity contribution in [1.29, 1.82) is 0 Å². The molecule has 4 aromatic rings. The molecule has 8 heteroatoms. The number of rotatable bonds is 6. The number of amides is 1. The number of anilines is 1. The average molecular weight is 404 g/mol. The van der Waals surface area contributed by atoms with E-state index in [-0.39, 0.29) is 5.75 Å². The van der Waals surface area contributed by atoms with Gasteiger partial charge in [0, 0.05) is 34.0 Å². The molecule has 8 nitrogen and oxygen atoms in total. The monoisotopic (exact) mass is 404 g/mol. The van der Waals surface area contributed by atoms with Gasteiger partial charge in [-0.15, -0.1) is 0 Å². The molecular formula is C22H20N4O4. The first-order valence-electron chi connectivity index (χ1n) is 9.57. The summed E-state index contributed by atoms with van der Waals surface area (Å²) in [6.45, 7) is 4.47. The first kappa shape index (κ1) is 19.4. The summed E-state index contributed by atoms with van der Waals surface area (Å²) >= 11 is 0. The minimum atomic E-state index is -0.944. The summed E-state index contributed by atoms with van der Waals surface area (Å²) in [4.78, 5) is 26.8. The van der Waals surface area contributed by atoms with E-state index >= 15 is 0 Å². The largest absolute Gasteiger partial charge is 0.473 e. The van der Waals surface area contributed by atoms with E-state index in [9.17, 15) is 14.9 Å². The van der Waals surface area contributed by atoms with E-state index in [0.29, 0.717) is 5.69 Å². The molecule has 0 spiro atoms. The lowest BCUT2D eigenvalue weighted by atomic mass is 10.1. The second-order valence-corrected chi connectivity index (χ2v) is 6.82. The maximum atomic E-state index is 12.6. The van der Waals surface area contributed by atoms with Crippen LogP contribution in [0.2, 0.25) is 0 Å². The molecule has 2 aromatic heterocycles. The molecule has 0 aliphatic carbocycles. The van der Waals surface area contributed by atoms with Crippen LogP contribution in [0.1, 0.15) is 13.8 Å². The Kier molecular flexibility index (Phi) is 5.05. The standard InChI is InChI=1S/C22H20N4O4/c1-3-25-18-8-5-4-7-16(18)17-13-15(10-11-19(17)25)24-22(27)14(2)30-20-9-6-12-23-21(20)26(28)29/h4-14H,3H2,1-2H3,(H,24,27)/t14-/m1/s1. The van der Waals surface area contributed by atoms with Crippen molar-refractivity contribution >= 4 is 39.2 Å². The van der Waals surface area contributed by atoms with Crippen molar-refractivity contribution in [1.82, 2.24) is 9.55 Å². The highest BCUT2D eigenvalue weighted by Crippen LogP contribution is 2.31. The van der Waals surface area contributed by atoms with Crippen LogP contribution in [0.5, 0.6) is 5.75 Å². The number of aryl methyl sites for hydroxylation is 1. The number of fused-ring (bicyclic) bond motifs is 3. The Balaban J connectivity index is 1.59. The molecule has 152 valence electrons. The van der Waals surface area contributed by atoms with Gasteiger partial charge in [0.15, 0.2) is 6.10 Å². The number of carbonyl (C=O) groups excluding carboxylic acids is 1. The average Bonchev–Trinajstić information content (AvgIpc) is 3.07. The fraction of sp³-hybridized carbons (Fsp3) is 0.182. The Morgan fingerprint density at radius 3 is 2.70 bits per heavy atom. The molecule has 0 aliphatic rings. The third-order valence-corrected chi connectivity index (χ3v) is 4.95. The number of hydrogen-bond acceptors (Lipinski definition) is 5. The van der Waals surface area contributed by atoms with E-state index in [1.807, 2.05) is 30.3 Å². The van der Waals surface area contributed by atoms with Gasteiger partial charge in [0.05, 0.1) is 0 Å². The van der Waals surface area contributed by atoms with Gasteiger partial charge < -0.3 is 24.7 Å². The Morgan fingerprint density at radius 1 is 1.17 bits per heavy atom. The molecule has 2 aromatic carbocycles. The zero-order valence-electron chi connectivity index (χ0n) is 16.5. The number of para-hydroxylation sites is 1. The normalized spacial score (nSPS) is 12.1. The van der Waals surface area contributed by atoms with Crippen molar-refractivity contribution in [2.45, 2.75) is 26.5 Å². The molecule has 30 heavy (non-hydrogen) atoms. The molecule has 0 saturated heterocycles. The summed E-state index contributed by atoms with van der Waals surface area (Å²) in [7, 11) is 0. The van der Waals surface area contributed by atoms with Crippen molar-refractivity contribution < 1.29 is 14.5 Å². The topological polar surface area (TPSA) is 99.3 Å². The first-order chi connectivity index (χ1) is 14.5. The van der Waals surface area contributed by atoms with Gasteiger partial charge in [-0.05, 0) is 60.2 Å². The van der Waals surface area contributed by atoms with Gasteiger partial charge in [0.2, 0.25) is 5.75 Å². The van der Waals surface area contributed by atoms with Crippen LogP contribution in [0.15, 0.2) is 60.8 Å². The Bertz CT molecular complexity index is 1260. The zero-order chi connectivity index (χ0) is 21.3. The predicted octanol–water partition coefficient (Wildman–Crippen LogP) is 4.52. The number of pyridine rings is 1. The van der Waals surface area contributed by atoms with Gasteiger partial charge in [-0.3, -0.25) is 4.79 Å². The molecule has 0 saturated carbocycles. The van der Waals surface area contributed by atoms with Crippen molar-refractivity contribution in [2.75, 3.05) is 5.32 Å². The Morgan fingerprint density at radius 2 is 1.93 bits per heavy atom. The second kappa shape index (κ2) is 7.82. The Labute approximate surface area is 172 Å². The van der Waals surface area contributed by atoms with Crippen molar-refractivity contribution in [3.63, 3.8) is 0 Å². The highest BCUT2D eigenvalue weighted by atomic mass is 16.6. The van der Waals surface area contributed by atoms with Gasteiger partial charge in [-0.2, -0.15) is 0 Å². The number of carbonyl (C=O) groups is 1. The van der Waals surface area contributed by atoms with E-state index in [0.717, 1.165) is 28.4 Å². The van der Waals surface area contributed by atoms with Crippen LogP contribution in [0.4, 0.5) is 11.5 Å². The lowest BCUT2D eigenvalue weighted by molar-refractivity contribution is -0.390. The van der Waals surface area contributed by atoms with Crippen LogP contribution in [-0.4, -0.2) is 26.5 Å². The smallest absolute Gasteiger partial charge is 0.406 e. The summed E-state index contributed by atoms with van der Waals surface area (Å²) in [6, 6.07) is 16.8. The summed E-state index contributed by atoms with van der Waals surface area (Å²) in [5.41, 5.74) is 2.86. The minimum absolute atomic E-state index is 0.0494. The number of hydrogen-bond donors (Lipinski definition) is 1. The Hall–Kier alpha value is -3.94. The molecule has 4 rings (SSSR count). The second-order valence-electron chi connectivity index (χ2n) is 6.82. The van der Waals surface area contributed by atoms with Crippen LogP contribution >= 0.6 is 0 Å². The van der Waals surface area contributed by atoms with Crippen molar-refractivity contribution in [3.05, 3.63) is 70.9 Å². The van der Waals surface area contributed by atoms with Crippen LogP contribution in [0, 0.1) is 10.1 Å². The van der Waals surface area contributed by atoms with Gasteiger partial charge in [-0.25, -0.2) is 0 Å². The molecule has 0 fully saturated rings. The van der Waals surface area contributed by atoms with Crippen molar-refractivity contribution in [3.8, 4) is 5.75 Å². The molecule has 0 radical (unpaired) electrons. The lowest BCUT2D eigenvalue weighted by Crippen LogP contribution is -2.30. The lowest BCUT2D eigenvalue weighted by Gasteiger charge is -2.14. The number of nitro groups is 1. The summed E-state index contributed by atoms with van der Waals surface area (Å²) in [5.74, 6) is -0.885. The van der Waals surface area contributed by atoms with E-state index in [1.54, 1.807) is 0 Å². The number of ether oxygens (including phenoxy) is 1. The molecular weight excluding hydrogens is 384 g/mol. The minimum Gasteiger partial charge on any atom is -0.473 e. The van der Waals surface area contributed by atoms with Crippen LogP contribution in [-0.2, 0) is 11.3 Å². The zero-order valence-corrected chi connectivity index (χ0v) is 16.5. The molecule has 2 heterocycles. The van der Waals surface area contributed by atoms with E-state index in [4.69, 9.17) is 4.74 Å². The van der Waals surface area contributed by atoms with Gasteiger partial charge in [0.1, 0.15) is 6.20 Å². The van der Waals surface area contributed by atoms with Crippen molar-refractivity contribution in [2.24, 2.45) is 0 Å². The fourth-order valence-electron chi connectivity index (χ4n) is 3.57. The third-order valence-electron chi connectivity index (χ3n) is 4.95. The molecule has 1 N–H and O–H groups in total. The van der Waals surface area contributed by atoms with Crippen LogP contribution in [0.25, 0.3) is 21.8 Å². The number of benzene rings is 2. The molecule has 0 unspecified atom stereocenters. The van der Waals surface area contributed by atoms with E-state index < -0.39 is 22.8 Å². The molecule has 1 atom stereocenters. The number of nitrogens with one attached hydrogen (secondary N) is 1. The third kappa shape index (κ3) is 3.43. The maximum absolute atomic E-state index is 12.6. The highest BCUT2D eigenvalue weighted by Gasteiger charge is 2.22. The molecule has 0 bridgehead atoms.